The van der Waals surface area contributed by atoms with Gasteiger partial charge in [0.1, 0.15) is 0 Å². The Balaban J connectivity index is 2.02. The van der Waals surface area contributed by atoms with Crippen LogP contribution in [-0.4, -0.2) is 33.0 Å². The molecule has 0 aliphatic heterocycles. The number of carboxylic acids is 1. The summed E-state index contributed by atoms with van der Waals surface area (Å²) in [6.45, 7) is 3.42. The smallest absolute Gasteiger partial charge is 0.309 e. The Morgan fingerprint density at radius 3 is 2.50 bits per heavy atom. The molecule has 0 radical (unpaired) electrons. The van der Waals surface area contributed by atoms with Crippen LogP contribution in [0.25, 0.3) is 5.69 Å². The van der Waals surface area contributed by atoms with E-state index in [4.69, 9.17) is 0 Å². The Kier molecular flexibility index (Phi) is 6.26. The summed E-state index contributed by atoms with van der Waals surface area (Å²) in [4.78, 5) is 39.9. The second-order valence-corrected chi connectivity index (χ2v) is 6.68. The van der Waals surface area contributed by atoms with E-state index >= 15 is 0 Å². The number of carboxylic acid groups (broad SMARTS) is 1. The molecule has 3 aromatic rings. The number of nitrogens with zero attached hydrogens (tertiary/aromatic N) is 2. The van der Waals surface area contributed by atoms with Crippen molar-refractivity contribution in [1.29, 1.82) is 0 Å². The van der Waals surface area contributed by atoms with Crippen LogP contribution in [0.2, 0.25) is 0 Å². The maximum absolute atomic E-state index is 13.0. The molecule has 8 heteroatoms. The number of para-hydroxylation sites is 1. The number of H-pyrrole nitrogens is 1. The van der Waals surface area contributed by atoms with E-state index in [1.807, 2.05) is 31.2 Å². The van der Waals surface area contributed by atoms with Gasteiger partial charge >= 0.3 is 5.97 Å². The molecule has 0 atom stereocenters. The lowest BCUT2D eigenvalue weighted by molar-refractivity contribution is -0.136. The van der Waals surface area contributed by atoms with Crippen LogP contribution in [0, 0.1) is 0 Å². The average Bonchev–Trinajstić information content (AvgIpc) is 3.01. The fourth-order valence-corrected chi connectivity index (χ4v) is 3.06. The first kappa shape index (κ1) is 20.8. The number of amides is 1. The fourth-order valence-electron chi connectivity index (χ4n) is 3.06. The Morgan fingerprint density at radius 1 is 1.17 bits per heavy atom. The van der Waals surface area contributed by atoms with E-state index in [0.29, 0.717) is 11.4 Å². The molecule has 0 saturated carbocycles. The summed E-state index contributed by atoms with van der Waals surface area (Å²) in [5.74, 6) is -1.26. The fraction of sp³-hybridized carbons (Fsp3) is 0.182. The highest BCUT2D eigenvalue weighted by molar-refractivity contribution is 5.88. The van der Waals surface area contributed by atoms with Gasteiger partial charge in [-0.1, -0.05) is 25.1 Å². The number of anilines is 1. The molecule has 0 aliphatic rings. The van der Waals surface area contributed by atoms with E-state index in [2.05, 4.69) is 15.4 Å². The summed E-state index contributed by atoms with van der Waals surface area (Å²) in [5.41, 5.74) is 2.90. The summed E-state index contributed by atoms with van der Waals surface area (Å²) in [6, 6.07) is 14.2. The monoisotopic (exact) mass is 406 g/mol. The number of benzene rings is 2. The second-order valence-electron chi connectivity index (χ2n) is 6.68. The number of nitrogens with one attached hydrogen (secondary N) is 2. The average molecular weight is 406 g/mol. The van der Waals surface area contributed by atoms with E-state index in [0.717, 1.165) is 17.7 Å². The third-order valence-corrected chi connectivity index (χ3v) is 4.48. The summed E-state index contributed by atoms with van der Waals surface area (Å²) in [6.07, 6.45) is 1.85. The standard InChI is InChI=1S/C22H22N4O4/c1-3-15-6-4-5-7-19(15)23-13-18-20(12-21(28)29)25-26(22(18)30)17-10-8-16(9-11-17)24-14(2)27/h4-11,13,25H,3,12H2,1-2H3,(H,24,27)(H,28,29). The minimum atomic E-state index is -1.06. The normalized spacial score (nSPS) is 11.0. The van der Waals surface area contributed by atoms with Gasteiger partial charge in [0.2, 0.25) is 5.91 Å². The largest absolute Gasteiger partial charge is 0.481 e. The van der Waals surface area contributed by atoms with Gasteiger partial charge in [-0.05, 0) is 42.3 Å². The van der Waals surface area contributed by atoms with Gasteiger partial charge in [-0.15, -0.1) is 0 Å². The number of aryl methyl sites for hydroxylation is 1. The number of carbonyl (C=O) groups is 2. The molecular weight excluding hydrogens is 384 g/mol. The van der Waals surface area contributed by atoms with Gasteiger partial charge < -0.3 is 10.4 Å². The number of carbonyl (C=O) groups excluding carboxylic acids is 1. The number of aromatic nitrogens is 2. The van der Waals surface area contributed by atoms with Gasteiger partial charge in [0, 0.05) is 18.8 Å². The van der Waals surface area contributed by atoms with Crippen LogP contribution >= 0.6 is 0 Å². The molecule has 0 aliphatic carbocycles. The van der Waals surface area contributed by atoms with E-state index < -0.39 is 11.5 Å². The number of aliphatic carboxylic acids is 1. The van der Waals surface area contributed by atoms with E-state index in [-0.39, 0.29) is 23.6 Å². The molecule has 0 spiro atoms. The quantitative estimate of drug-likeness (QED) is 0.523. The van der Waals surface area contributed by atoms with Crippen LogP contribution in [0.4, 0.5) is 11.4 Å². The third kappa shape index (κ3) is 4.72. The first-order valence-corrected chi connectivity index (χ1v) is 9.44. The van der Waals surface area contributed by atoms with Crippen molar-refractivity contribution in [2.75, 3.05) is 5.32 Å². The van der Waals surface area contributed by atoms with Gasteiger partial charge in [0.25, 0.3) is 5.56 Å². The van der Waals surface area contributed by atoms with Crippen LogP contribution < -0.4 is 10.9 Å². The van der Waals surface area contributed by atoms with Crippen LogP contribution in [0.5, 0.6) is 0 Å². The van der Waals surface area contributed by atoms with Gasteiger partial charge in [0.05, 0.1) is 29.1 Å². The molecule has 3 rings (SSSR count). The molecule has 1 heterocycles. The van der Waals surface area contributed by atoms with Gasteiger partial charge in [0.15, 0.2) is 0 Å². The molecule has 0 saturated heterocycles. The van der Waals surface area contributed by atoms with Crippen molar-refractivity contribution in [1.82, 2.24) is 9.78 Å². The number of hydrogen-bond donors (Lipinski definition) is 3. The highest BCUT2D eigenvalue weighted by atomic mass is 16.4. The van der Waals surface area contributed by atoms with Crippen molar-refractivity contribution < 1.29 is 14.7 Å². The van der Waals surface area contributed by atoms with Crippen LogP contribution in [-0.2, 0) is 22.4 Å². The zero-order valence-electron chi connectivity index (χ0n) is 16.7. The maximum Gasteiger partial charge on any atom is 0.309 e. The predicted molar refractivity (Wildman–Crippen MR) is 115 cm³/mol. The van der Waals surface area contributed by atoms with E-state index in [1.54, 1.807) is 24.3 Å². The molecule has 0 bridgehead atoms. The maximum atomic E-state index is 13.0. The molecule has 154 valence electrons. The SMILES string of the molecule is CCc1ccccc1N=Cc1c(CC(=O)O)[nH]n(-c2ccc(NC(C)=O)cc2)c1=O. The molecule has 0 fully saturated rings. The molecule has 30 heavy (non-hydrogen) atoms. The lowest BCUT2D eigenvalue weighted by Crippen LogP contribution is -2.17. The summed E-state index contributed by atoms with van der Waals surface area (Å²) >= 11 is 0. The zero-order valence-corrected chi connectivity index (χ0v) is 16.7. The Hall–Kier alpha value is -3.94. The second kappa shape index (κ2) is 9.04. The molecule has 1 amide bonds. The van der Waals surface area contributed by atoms with Gasteiger partial charge in [-0.2, -0.15) is 0 Å². The van der Waals surface area contributed by atoms with Crippen LogP contribution in [0.3, 0.4) is 0 Å². The first-order chi connectivity index (χ1) is 14.4. The Labute approximate surface area is 172 Å². The molecule has 8 nitrogen and oxygen atoms in total. The summed E-state index contributed by atoms with van der Waals surface area (Å²) in [7, 11) is 0. The highest BCUT2D eigenvalue weighted by Gasteiger charge is 2.16. The first-order valence-electron chi connectivity index (χ1n) is 9.44. The van der Waals surface area contributed by atoms with E-state index in [9.17, 15) is 19.5 Å². The number of aromatic amines is 1. The lowest BCUT2D eigenvalue weighted by Gasteiger charge is -2.05. The van der Waals surface area contributed by atoms with Gasteiger partial charge in [-0.25, -0.2) is 4.68 Å². The summed E-state index contributed by atoms with van der Waals surface area (Å²) in [5, 5.41) is 14.8. The van der Waals surface area contributed by atoms with Crippen LogP contribution in [0.1, 0.15) is 30.7 Å². The lowest BCUT2D eigenvalue weighted by atomic mass is 10.1. The van der Waals surface area contributed by atoms with Crippen molar-refractivity contribution in [3.05, 3.63) is 75.7 Å². The molecule has 1 aromatic heterocycles. The predicted octanol–water partition coefficient (Wildman–Crippen LogP) is 3.06. The minimum Gasteiger partial charge on any atom is -0.481 e. The van der Waals surface area contributed by atoms with Crippen molar-refractivity contribution in [3.63, 3.8) is 0 Å². The minimum absolute atomic E-state index is 0.189. The van der Waals surface area contributed by atoms with Crippen molar-refractivity contribution in [2.45, 2.75) is 26.7 Å². The van der Waals surface area contributed by atoms with Crippen LogP contribution in [0.15, 0.2) is 58.3 Å². The van der Waals surface area contributed by atoms with Crippen molar-refractivity contribution >= 4 is 29.5 Å². The molecule has 0 unspecified atom stereocenters. The Morgan fingerprint density at radius 2 is 1.87 bits per heavy atom. The molecule has 3 N–H and O–H groups in total. The number of hydrogen-bond acceptors (Lipinski definition) is 4. The molecule has 2 aromatic carbocycles. The topological polar surface area (TPSA) is 117 Å². The third-order valence-electron chi connectivity index (χ3n) is 4.48. The molecular formula is C22H22N4O4. The van der Waals surface area contributed by atoms with Crippen molar-refractivity contribution in [3.8, 4) is 5.69 Å². The van der Waals surface area contributed by atoms with Crippen molar-refractivity contribution in [2.24, 2.45) is 4.99 Å². The summed E-state index contributed by atoms with van der Waals surface area (Å²) < 4.78 is 1.27. The Bertz CT molecular complexity index is 1160. The highest BCUT2D eigenvalue weighted by Crippen LogP contribution is 2.19. The van der Waals surface area contributed by atoms with Gasteiger partial charge in [-0.3, -0.25) is 24.5 Å². The zero-order chi connectivity index (χ0) is 21.7. The number of rotatable bonds is 7. The van der Waals surface area contributed by atoms with E-state index in [1.165, 1.54) is 17.8 Å². The number of aliphatic imine (C=N–C) groups is 1.